The number of hydrogen-bond donors (Lipinski definition) is 2. The van der Waals surface area contributed by atoms with Gasteiger partial charge < -0.3 is 11.5 Å². The Balaban J connectivity index is 1.96. The van der Waals surface area contributed by atoms with Crippen molar-refractivity contribution in [2.24, 2.45) is 5.73 Å². The van der Waals surface area contributed by atoms with Crippen LogP contribution in [0.2, 0.25) is 0 Å². The fourth-order valence-electron chi connectivity index (χ4n) is 1.82. The van der Waals surface area contributed by atoms with E-state index >= 15 is 0 Å². The van der Waals surface area contributed by atoms with Crippen LogP contribution >= 0.6 is 11.3 Å². The lowest BCUT2D eigenvalue weighted by atomic mass is 10.0. The van der Waals surface area contributed by atoms with E-state index in [0.29, 0.717) is 11.7 Å². The van der Waals surface area contributed by atoms with Crippen LogP contribution in [0.1, 0.15) is 16.8 Å². The van der Waals surface area contributed by atoms with Crippen LogP contribution in [0.3, 0.4) is 0 Å². The molecule has 0 spiro atoms. The van der Waals surface area contributed by atoms with Gasteiger partial charge in [-0.15, -0.1) is 11.3 Å². The van der Waals surface area contributed by atoms with E-state index < -0.39 is 0 Å². The van der Waals surface area contributed by atoms with E-state index in [-0.39, 0.29) is 0 Å². The molecule has 1 aromatic carbocycles. The summed E-state index contributed by atoms with van der Waals surface area (Å²) in [6.45, 7) is 0.700. The number of hydrogen-bond acceptors (Lipinski definition) is 4. The molecule has 2 aromatic rings. The number of nitrogen functional groups attached to an aromatic ring is 1. The van der Waals surface area contributed by atoms with Crippen LogP contribution in [-0.4, -0.2) is 11.5 Å². The summed E-state index contributed by atoms with van der Waals surface area (Å²) in [7, 11) is 0. The second kappa shape index (κ2) is 5.80. The van der Waals surface area contributed by atoms with Gasteiger partial charge >= 0.3 is 0 Å². The van der Waals surface area contributed by atoms with E-state index in [2.05, 4.69) is 29.2 Å². The van der Waals surface area contributed by atoms with Crippen LogP contribution in [-0.2, 0) is 19.3 Å². The molecule has 0 amide bonds. The molecule has 2 rings (SSSR count). The average Bonchev–Trinajstić information content (AvgIpc) is 2.74. The third-order valence-corrected chi connectivity index (χ3v) is 3.39. The predicted octanol–water partition coefficient (Wildman–Crippen LogP) is 2.01. The number of nitrogens with two attached hydrogens (primary N) is 2. The maximum absolute atomic E-state index is 5.60. The summed E-state index contributed by atoms with van der Waals surface area (Å²) in [5.74, 6) is 0. The zero-order valence-electron chi connectivity index (χ0n) is 9.73. The number of rotatable bonds is 5. The Kier molecular flexibility index (Phi) is 4.12. The normalized spacial score (nSPS) is 10.6. The molecule has 17 heavy (non-hydrogen) atoms. The van der Waals surface area contributed by atoms with E-state index in [0.717, 1.165) is 25.0 Å². The third kappa shape index (κ3) is 3.54. The highest BCUT2D eigenvalue weighted by atomic mass is 32.1. The van der Waals surface area contributed by atoms with E-state index in [9.17, 15) is 0 Å². The van der Waals surface area contributed by atoms with Crippen molar-refractivity contribution in [2.75, 3.05) is 12.3 Å². The smallest absolute Gasteiger partial charge is 0.180 e. The molecule has 1 heterocycles. The van der Waals surface area contributed by atoms with Crippen molar-refractivity contribution >= 4 is 16.5 Å². The first-order valence-electron chi connectivity index (χ1n) is 5.75. The van der Waals surface area contributed by atoms with Crippen molar-refractivity contribution in [3.63, 3.8) is 0 Å². The van der Waals surface area contributed by atoms with Crippen LogP contribution in [0.5, 0.6) is 0 Å². The fraction of sp³-hybridized carbons (Fsp3) is 0.308. The van der Waals surface area contributed by atoms with Gasteiger partial charge in [-0.1, -0.05) is 24.3 Å². The van der Waals surface area contributed by atoms with Gasteiger partial charge in [0.25, 0.3) is 0 Å². The van der Waals surface area contributed by atoms with Crippen molar-refractivity contribution in [2.45, 2.75) is 19.3 Å². The maximum atomic E-state index is 5.60. The van der Waals surface area contributed by atoms with Gasteiger partial charge in [0.15, 0.2) is 5.13 Å². The molecule has 0 aliphatic heterocycles. The first-order valence-corrected chi connectivity index (χ1v) is 6.63. The highest BCUT2D eigenvalue weighted by Gasteiger charge is 2.01. The molecule has 90 valence electrons. The van der Waals surface area contributed by atoms with Crippen LogP contribution in [0.15, 0.2) is 29.6 Å². The summed E-state index contributed by atoms with van der Waals surface area (Å²) in [4.78, 5) is 4.26. The summed E-state index contributed by atoms with van der Waals surface area (Å²) in [6.07, 6.45) is 2.89. The molecule has 0 fully saturated rings. The van der Waals surface area contributed by atoms with E-state index in [1.165, 1.54) is 22.5 Å². The molecule has 0 atom stereocenters. The zero-order valence-corrected chi connectivity index (χ0v) is 10.5. The van der Waals surface area contributed by atoms with Gasteiger partial charge in [-0.3, -0.25) is 0 Å². The quantitative estimate of drug-likeness (QED) is 0.849. The SMILES string of the molecule is NCCc1cccc(CCc2csc(N)n2)c1. The standard InChI is InChI=1S/C13H17N3S/c14-7-6-11-3-1-2-10(8-11)4-5-12-9-17-13(15)16-12/h1-3,8-9H,4-7,14H2,(H2,15,16). The Hall–Kier alpha value is -1.39. The molecular weight excluding hydrogens is 230 g/mol. The number of aromatic nitrogens is 1. The molecule has 4 heteroatoms. The van der Waals surface area contributed by atoms with Crippen LogP contribution in [0, 0.1) is 0 Å². The first-order chi connectivity index (χ1) is 8.28. The van der Waals surface area contributed by atoms with Gasteiger partial charge in [-0.25, -0.2) is 4.98 Å². The Morgan fingerprint density at radius 1 is 1.12 bits per heavy atom. The molecule has 3 nitrogen and oxygen atoms in total. The Bertz CT molecular complexity index is 479. The van der Waals surface area contributed by atoms with Gasteiger partial charge in [0.05, 0.1) is 5.69 Å². The van der Waals surface area contributed by atoms with Crippen molar-refractivity contribution in [3.8, 4) is 0 Å². The van der Waals surface area contributed by atoms with Gasteiger partial charge in [-0.2, -0.15) is 0 Å². The molecule has 1 aromatic heterocycles. The zero-order chi connectivity index (χ0) is 12.1. The van der Waals surface area contributed by atoms with Gasteiger partial charge in [0.1, 0.15) is 0 Å². The minimum absolute atomic E-state index is 0.650. The lowest BCUT2D eigenvalue weighted by Gasteiger charge is -2.03. The highest BCUT2D eigenvalue weighted by molar-refractivity contribution is 7.13. The number of thiazole rings is 1. The van der Waals surface area contributed by atoms with Crippen molar-refractivity contribution in [3.05, 3.63) is 46.5 Å². The van der Waals surface area contributed by atoms with E-state index in [1.54, 1.807) is 0 Å². The van der Waals surface area contributed by atoms with Crippen molar-refractivity contribution in [1.29, 1.82) is 0 Å². The van der Waals surface area contributed by atoms with Crippen molar-refractivity contribution < 1.29 is 0 Å². The lowest BCUT2D eigenvalue weighted by molar-refractivity contribution is 0.915. The number of aryl methyl sites for hydroxylation is 2. The third-order valence-electron chi connectivity index (χ3n) is 2.66. The lowest BCUT2D eigenvalue weighted by Crippen LogP contribution is -2.03. The van der Waals surface area contributed by atoms with Gasteiger partial charge in [0.2, 0.25) is 0 Å². The topological polar surface area (TPSA) is 64.9 Å². The summed E-state index contributed by atoms with van der Waals surface area (Å²) < 4.78 is 0. The molecular formula is C13H17N3S. The van der Waals surface area contributed by atoms with Crippen LogP contribution in [0.25, 0.3) is 0 Å². The molecule has 0 bridgehead atoms. The van der Waals surface area contributed by atoms with Crippen molar-refractivity contribution in [1.82, 2.24) is 4.98 Å². The molecule has 0 saturated carbocycles. The molecule has 4 N–H and O–H groups in total. The first kappa shape index (κ1) is 12.1. The maximum Gasteiger partial charge on any atom is 0.180 e. The number of anilines is 1. The fourth-order valence-corrected chi connectivity index (χ4v) is 2.41. The number of nitrogens with zero attached hydrogens (tertiary/aromatic N) is 1. The summed E-state index contributed by atoms with van der Waals surface area (Å²) in [5.41, 5.74) is 14.9. The van der Waals surface area contributed by atoms with Gasteiger partial charge in [-0.05, 0) is 36.9 Å². The second-order valence-electron chi connectivity index (χ2n) is 4.04. The predicted molar refractivity (Wildman–Crippen MR) is 73.1 cm³/mol. The Labute approximate surface area is 105 Å². The van der Waals surface area contributed by atoms with Crippen LogP contribution in [0.4, 0.5) is 5.13 Å². The van der Waals surface area contributed by atoms with E-state index in [4.69, 9.17) is 11.5 Å². The number of benzene rings is 1. The Morgan fingerprint density at radius 2 is 1.88 bits per heavy atom. The summed E-state index contributed by atoms with van der Waals surface area (Å²) >= 11 is 1.50. The Morgan fingerprint density at radius 3 is 2.53 bits per heavy atom. The molecule has 0 radical (unpaired) electrons. The molecule has 0 unspecified atom stereocenters. The second-order valence-corrected chi connectivity index (χ2v) is 4.93. The summed E-state index contributed by atoms with van der Waals surface area (Å²) in [5, 5.41) is 2.68. The van der Waals surface area contributed by atoms with Gasteiger partial charge in [0, 0.05) is 5.38 Å². The van der Waals surface area contributed by atoms with Crippen LogP contribution < -0.4 is 11.5 Å². The molecule has 0 aliphatic carbocycles. The minimum atomic E-state index is 0.650. The average molecular weight is 247 g/mol. The molecule has 0 aliphatic rings. The summed E-state index contributed by atoms with van der Waals surface area (Å²) in [6, 6.07) is 8.59. The highest BCUT2D eigenvalue weighted by Crippen LogP contribution is 2.14. The molecule has 0 saturated heterocycles. The minimum Gasteiger partial charge on any atom is -0.375 e. The monoisotopic (exact) mass is 247 g/mol. The van der Waals surface area contributed by atoms with E-state index in [1.807, 2.05) is 5.38 Å². The largest absolute Gasteiger partial charge is 0.375 e.